The highest BCUT2D eigenvalue weighted by atomic mass is 16.5. The maximum atomic E-state index is 11.8. The molecule has 0 spiro atoms. The lowest BCUT2D eigenvalue weighted by Gasteiger charge is -2.04. The predicted octanol–water partition coefficient (Wildman–Crippen LogP) is 2.00. The number of hydrogen-bond acceptors (Lipinski definition) is 4. The standard InChI is InChI=1S/C14H13NO4/c1-18-14(17)11-6-4-10(5-7-11)13(16)15-9-12-3-2-8-19-12/h2-8H,9H2,1H3,(H,15,16). The van der Waals surface area contributed by atoms with Gasteiger partial charge in [-0.15, -0.1) is 0 Å². The van der Waals surface area contributed by atoms with Crippen molar-refractivity contribution in [1.82, 2.24) is 5.32 Å². The van der Waals surface area contributed by atoms with Crippen LogP contribution >= 0.6 is 0 Å². The van der Waals surface area contributed by atoms with Crippen molar-refractivity contribution in [2.24, 2.45) is 0 Å². The zero-order valence-corrected chi connectivity index (χ0v) is 10.4. The molecule has 0 saturated heterocycles. The number of carbonyl (C=O) groups is 2. The quantitative estimate of drug-likeness (QED) is 0.853. The summed E-state index contributed by atoms with van der Waals surface area (Å²) in [6, 6.07) is 9.78. The normalized spacial score (nSPS) is 9.95. The molecular formula is C14H13NO4. The fourth-order valence-corrected chi connectivity index (χ4v) is 1.56. The number of methoxy groups -OCH3 is 1. The second-order valence-electron chi connectivity index (χ2n) is 3.83. The van der Waals surface area contributed by atoms with Crippen LogP contribution < -0.4 is 5.32 Å². The van der Waals surface area contributed by atoms with Crippen molar-refractivity contribution in [3.8, 4) is 0 Å². The van der Waals surface area contributed by atoms with Crippen molar-refractivity contribution in [2.45, 2.75) is 6.54 Å². The number of amides is 1. The van der Waals surface area contributed by atoms with Crippen LogP contribution in [0, 0.1) is 0 Å². The topological polar surface area (TPSA) is 68.5 Å². The summed E-state index contributed by atoms with van der Waals surface area (Å²) in [5.74, 6) is 0.0230. The Morgan fingerprint density at radius 2 is 1.84 bits per heavy atom. The van der Waals surface area contributed by atoms with E-state index in [1.807, 2.05) is 0 Å². The molecule has 0 fully saturated rings. The number of esters is 1. The first-order valence-electron chi connectivity index (χ1n) is 5.69. The minimum absolute atomic E-state index is 0.229. The smallest absolute Gasteiger partial charge is 0.337 e. The molecule has 0 aliphatic rings. The summed E-state index contributed by atoms with van der Waals surface area (Å²) in [7, 11) is 1.31. The van der Waals surface area contributed by atoms with Gasteiger partial charge in [-0.05, 0) is 36.4 Å². The van der Waals surface area contributed by atoms with Crippen LogP contribution in [0.4, 0.5) is 0 Å². The zero-order chi connectivity index (χ0) is 13.7. The summed E-state index contributed by atoms with van der Waals surface area (Å²) in [6.45, 7) is 0.324. The second kappa shape index (κ2) is 5.86. The van der Waals surface area contributed by atoms with E-state index in [-0.39, 0.29) is 5.91 Å². The highest BCUT2D eigenvalue weighted by Crippen LogP contribution is 2.06. The van der Waals surface area contributed by atoms with Gasteiger partial charge in [0.25, 0.3) is 5.91 Å². The zero-order valence-electron chi connectivity index (χ0n) is 10.4. The molecule has 0 aliphatic carbocycles. The van der Waals surface area contributed by atoms with Gasteiger partial charge < -0.3 is 14.5 Å². The van der Waals surface area contributed by atoms with E-state index in [2.05, 4.69) is 10.1 Å². The van der Waals surface area contributed by atoms with Gasteiger partial charge in [0.05, 0.1) is 25.5 Å². The summed E-state index contributed by atoms with van der Waals surface area (Å²) in [4.78, 5) is 23.1. The number of nitrogens with one attached hydrogen (secondary N) is 1. The fourth-order valence-electron chi connectivity index (χ4n) is 1.56. The van der Waals surface area contributed by atoms with Crippen LogP contribution in [0.15, 0.2) is 47.1 Å². The van der Waals surface area contributed by atoms with E-state index in [9.17, 15) is 9.59 Å². The van der Waals surface area contributed by atoms with Crippen LogP contribution in [0.1, 0.15) is 26.5 Å². The van der Waals surface area contributed by atoms with Gasteiger partial charge in [0.1, 0.15) is 5.76 Å². The molecule has 19 heavy (non-hydrogen) atoms. The van der Waals surface area contributed by atoms with Crippen LogP contribution in [0.3, 0.4) is 0 Å². The Morgan fingerprint density at radius 3 is 2.42 bits per heavy atom. The molecule has 0 unspecified atom stereocenters. The van der Waals surface area contributed by atoms with Crippen molar-refractivity contribution in [3.05, 3.63) is 59.5 Å². The summed E-state index contributed by atoms with van der Waals surface area (Å²) in [6.07, 6.45) is 1.55. The van der Waals surface area contributed by atoms with Crippen molar-refractivity contribution >= 4 is 11.9 Å². The van der Waals surface area contributed by atoms with E-state index in [0.717, 1.165) is 0 Å². The van der Waals surface area contributed by atoms with E-state index in [1.165, 1.54) is 7.11 Å². The first-order valence-corrected chi connectivity index (χ1v) is 5.69. The highest BCUT2D eigenvalue weighted by molar-refractivity contribution is 5.96. The Hall–Kier alpha value is -2.56. The number of benzene rings is 1. The van der Waals surface area contributed by atoms with Crippen molar-refractivity contribution in [1.29, 1.82) is 0 Å². The van der Waals surface area contributed by atoms with E-state index < -0.39 is 5.97 Å². The summed E-state index contributed by atoms with van der Waals surface area (Å²) < 4.78 is 9.69. The Bertz CT molecular complexity index is 558. The predicted molar refractivity (Wildman–Crippen MR) is 67.7 cm³/mol. The molecule has 1 aromatic carbocycles. The van der Waals surface area contributed by atoms with Crippen molar-refractivity contribution in [2.75, 3.05) is 7.11 Å². The van der Waals surface area contributed by atoms with Crippen molar-refractivity contribution in [3.63, 3.8) is 0 Å². The first-order chi connectivity index (χ1) is 9.20. The third kappa shape index (κ3) is 3.22. The van der Waals surface area contributed by atoms with E-state index >= 15 is 0 Å². The molecule has 0 bridgehead atoms. The minimum atomic E-state index is -0.428. The molecule has 2 rings (SSSR count). The molecule has 0 aliphatic heterocycles. The van der Waals surface area contributed by atoms with Crippen LogP contribution in [-0.4, -0.2) is 19.0 Å². The molecule has 1 N–H and O–H groups in total. The molecule has 0 radical (unpaired) electrons. The Balaban J connectivity index is 1.97. The molecule has 1 amide bonds. The highest BCUT2D eigenvalue weighted by Gasteiger charge is 2.09. The average Bonchev–Trinajstić information content (AvgIpc) is 2.97. The van der Waals surface area contributed by atoms with E-state index in [1.54, 1.807) is 42.7 Å². The van der Waals surface area contributed by atoms with Gasteiger partial charge in [-0.1, -0.05) is 0 Å². The molecule has 0 atom stereocenters. The second-order valence-corrected chi connectivity index (χ2v) is 3.83. The Labute approximate surface area is 110 Å². The summed E-state index contributed by atoms with van der Waals surface area (Å²) >= 11 is 0. The van der Waals surface area contributed by atoms with E-state index in [0.29, 0.717) is 23.4 Å². The maximum Gasteiger partial charge on any atom is 0.337 e. The lowest BCUT2D eigenvalue weighted by atomic mass is 10.1. The molecule has 0 saturated carbocycles. The maximum absolute atomic E-state index is 11.8. The van der Waals surface area contributed by atoms with Gasteiger partial charge >= 0.3 is 5.97 Å². The van der Waals surface area contributed by atoms with Gasteiger partial charge in [-0.3, -0.25) is 4.79 Å². The summed E-state index contributed by atoms with van der Waals surface area (Å²) in [5, 5.41) is 2.72. The lowest BCUT2D eigenvalue weighted by molar-refractivity contribution is 0.0600. The van der Waals surface area contributed by atoms with Gasteiger partial charge in [-0.25, -0.2) is 4.79 Å². The number of ether oxygens (including phenoxy) is 1. The largest absolute Gasteiger partial charge is 0.467 e. The van der Waals surface area contributed by atoms with E-state index in [4.69, 9.17) is 4.42 Å². The Morgan fingerprint density at radius 1 is 1.16 bits per heavy atom. The number of furan rings is 1. The van der Waals surface area contributed by atoms with Gasteiger partial charge in [-0.2, -0.15) is 0 Å². The van der Waals surface area contributed by atoms with Crippen LogP contribution in [0.5, 0.6) is 0 Å². The SMILES string of the molecule is COC(=O)c1ccc(C(=O)NCc2ccco2)cc1. The Kier molecular flexibility index (Phi) is 3.97. The minimum Gasteiger partial charge on any atom is -0.467 e. The van der Waals surface area contributed by atoms with Gasteiger partial charge in [0.2, 0.25) is 0 Å². The molecule has 5 nitrogen and oxygen atoms in total. The average molecular weight is 259 g/mol. The molecule has 2 aromatic rings. The first kappa shape index (κ1) is 12.9. The number of rotatable bonds is 4. The molecule has 98 valence electrons. The van der Waals surface area contributed by atoms with Gasteiger partial charge in [0, 0.05) is 5.56 Å². The molecule has 5 heteroatoms. The number of carbonyl (C=O) groups excluding carboxylic acids is 2. The third-order valence-electron chi connectivity index (χ3n) is 2.57. The molecular weight excluding hydrogens is 246 g/mol. The summed E-state index contributed by atoms with van der Waals surface area (Å²) in [5.41, 5.74) is 0.879. The van der Waals surface area contributed by atoms with Crippen LogP contribution in [0.2, 0.25) is 0 Å². The number of hydrogen-bond donors (Lipinski definition) is 1. The molecule has 1 aromatic heterocycles. The third-order valence-corrected chi connectivity index (χ3v) is 2.57. The monoisotopic (exact) mass is 259 g/mol. The molecule has 1 heterocycles. The fraction of sp³-hybridized carbons (Fsp3) is 0.143. The van der Waals surface area contributed by atoms with Crippen LogP contribution in [0.25, 0.3) is 0 Å². The van der Waals surface area contributed by atoms with Crippen LogP contribution in [-0.2, 0) is 11.3 Å². The van der Waals surface area contributed by atoms with Gasteiger partial charge in [0.15, 0.2) is 0 Å². The van der Waals surface area contributed by atoms with Crippen molar-refractivity contribution < 1.29 is 18.7 Å². The lowest BCUT2D eigenvalue weighted by Crippen LogP contribution is -2.22.